The van der Waals surface area contributed by atoms with Crippen molar-refractivity contribution < 1.29 is 13.5 Å². The van der Waals surface area contributed by atoms with Crippen molar-refractivity contribution in [2.24, 2.45) is 0 Å². The van der Waals surface area contributed by atoms with Crippen LogP contribution in [0, 0.1) is 0 Å². The summed E-state index contributed by atoms with van der Waals surface area (Å²) in [5, 5.41) is 0. The fourth-order valence-corrected chi connectivity index (χ4v) is 13.9. The average Bonchev–Trinajstić information content (AvgIpc) is 3.94. The summed E-state index contributed by atoms with van der Waals surface area (Å²) >= 11 is -1.88. The number of benzene rings is 6. The molecule has 2 aliphatic heterocycles. The molecule has 66 heavy (non-hydrogen) atoms. The van der Waals surface area contributed by atoms with E-state index < -0.39 is 13.5 Å². The first-order valence-electron chi connectivity index (χ1n) is 24.2. The van der Waals surface area contributed by atoms with E-state index in [9.17, 15) is 0 Å². The number of anilines is 2. The van der Waals surface area contributed by atoms with Crippen molar-refractivity contribution in [1.29, 1.82) is 0 Å². The van der Waals surface area contributed by atoms with Crippen molar-refractivity contribution in [3.8, 4) is 0 Å². The number of allylic oxidation sites excluding steroid dienone is 1. The number of halogens is 2. The van der Waals surface area contributed by atoms with Crippen LogP contribution >= 0.6 is 19.4 Å². The van der Waals surface area contributed by atoms with Crippen molar-refractivity contribution in [3.63, 3.8) is 0 Å². The zero-order valence-electron chi connectivity index (χ0n) is 41.2. The number of fused-ring (bicyclic) bond motifs is 1. The standard InChI is InChI=1S/2C23H31N.C15H10.2ClH.Ru/c2*1-6-18-12-11-13-19(7-2)21(18)24-17-23(5,16-22(24,3)4)20-14-9-8-10-15-20;1-2-6-12(7-3-1)15-11-10-13-8-4-5-9-14(13)15;;;/h2*8-15H,6-7,16-17H2,1-5H3;1-9,11H;2*1H;/q;;;;;+2/p-2. The number of para-hydroxylation sites is 2. The Morgan fingerprint density at radius 2 is 0.788 bits per heavy atom. The van der Waals surface area contributed by atoms with E-state index in [1.165, 1.54) is 79.9 Å². The summed E-state index contributed by atoms with van der Waals surface area (Å²) in [4.78, 5) is 5.38. The summed E-state index contributed by atoms with van der Waals surface area (Å²) < 4.78 is 1.12. The molecule has 0 spiro atoms. The molecule has 0 amide bonds. The van der Waals surface area contributed by atoms with Gasteiger partial charge >= 0.3 is 120 Å². The van der Waals surface area contributed by atoms with Crippen LogP contribution < -0.4 is 9.80 Å². The minimum absolute atomic E-state index is 0.166. The number of nitrogens with zero attached hydrogens (tertiary/aromatic N) is 2. The molecule has 2 atom stereocenters. The third-order valence-corrected chi connectivity index (χ3v) is 17.6. The third kappa shape index (κ3) is 10.4. The number of hydrogen-bond donors (Lipinski definition) is 0. The van der Waals surface area contributed by atoms with E-state index in [2.05, 4.69) is 213 Å². The molecule has 2 saturated heterocycles. The molecule has 0 saturated carbocycles. The molecular formula is C61H72Cl2N2Ru. The SMILES string of the molecule is CCc1cccc(CC)c1N1CC(C)(c2ccccc2)CC1(C)C.CCc1cccc(CC)c1N1CC(C)(c2ccccc2)CC1(C)C.[Cl][Ru]([Cl])=[C]1C=C(c2ccccc2)c2ccccc21. The molecule has 3 aliphatic rings. The van der Waals surface area contributed by atoms with Crippen molar-refractivity contribution in [2.75, 3.05) is 22.9 Å². The Morgan fingerprint density at radius 3 is 1.15 bits per heavy atom. The first-order valence-corrected chi connectivity index (χ1v) is 29.6. The van der Waals surface area contributed by atoms with Gasteiger partial charge in [0.1, 0.15) is 0 Å². The maximum atomic E-state index is 6.19. The van der Waals surface area contributed by atoms with Crippen molar-refractivity contribution in [2.45, 2.75) is 130 Å². The number of rotatable bonds is 9. The minimum atomic E-state index is -1.88. The van der Waals surface area contributed by atoms with Gasteiger partial charge in [-0.25, -0.2) is 0 Å². The van der Waals surface area contributed by atoms with Crippen LogP contribution in [-0.4, -0.2) is 28.3 Å². The fourth-order valence-electron chi connectivity index (χ4n) is 11.5. The second-order valence-electron chi connectivity index (χ2n) is 20.3. The van der Waals surface area contributed by atoms with Gasteiger partial charge in [0.15, 0.2) is 0 Å². The summed E-state index contributed by atoms with van der Waals surface area (Å²) in [6, 6.07) is 54.5. The normalized spacial score (nSPS) is 20.5. The quantitative estimate of drug-likeness (QED) is 0.133. The van der Waals surface area contributed by atoms with Gasteiger partial charge in [-0.2, -0.15) is 0 Å². The van der Waals surface area contributed by atoms with E-state index in [-0.39, 0.29) is 21.9 Å². The summed E-state index contributed by atoms with van der Waals surface area (Å²) in [6.45, 7) is 25.8. The molecule has 2 fully saturated rings. The van der Waals surface area contributed by atoms with Crippen LogP contribution in [0.5, 0.6) is 0 Å². The van der Waals surface area contributed by atoms with E-state index in [0.717, 1.165) is 42.9 Å². The Labute approximate surface area is 411 Å². The Bertz CT molecular complexity index is 2480. The average molecular weight is 1010 g/mol. The summed E-state index contributed by atoms with van der Waals surface area (Å²) in [7, 11) is 12.4. The van der Waals surface area contributed by atoms with Gasteiger partial charge in [-0.1, -0.05) is 139 Å². The van der Waals surface area contributed by atoms with Crippen LogP contribution in [0.3, 0.4) is 0 Å². The molecule has 1 aliphatic carbocycles. The van der Waals surface area contributed by atoms with Gasteiger partial charge in [0.25, 0.3) is 0 Å². The summed E-state index contributed by atoms with van der Waals surface area (Å²) in [5.41, 5.74) is 17.5. The topological polar surface area (TPSA) is 6.48 Å². The van der Waals surface area contributed by atoms with Crippen LogP contribution in [0.25, 0.3) is 5.57 Å². The Morgan fingerprint density at radius 1 is 0.439 bits per heavy atom. The second kappa shape index (κ2) is 20.9. The van der Waals surface area contributed by atoms with Gasteiger partial charge in [-0.3, -0.25) is 0 Å². The van der Waals surface area contributed by atoms with Gasteiger partial charge < -0.3 is 9.80 Å². The van der Waals surface area contributed by atoms with Gasteiger partial charge in [0.2, 0.25) is 0 Å². The molecule has 5 heteroatoms. The predicted molar refractivity (Wildman–Crippen MR) is 286 cm³/mol. The Hall–Kier alpha value is -4.27. The zero-order chi connectivity index (χ0) is 47.3. The van der Waals surface area contributed by atoms with E-state index in [1.807, 2.05) is 24.3 Å². The predicted octanol–water partition coefficient (Wildman–Crippen LogP) is 16.1. The molecule has 0 aromatic heterocycles. The van der Waals surface area contributed by atoms with Crippen LogP contribution in [-0.2, 0) is 50.0 Å². The molecular weight excluding hydrogens is 933 g/mol. The Kier molecular flexibility index (Phi) is 15.7. The van der Waals surface area contributed by atoms with Gasteiger partial charge in [0, 0.05) is 46.4 Å². The van der Waals surface area contributed by atoms with Gasteiger partial charge in [-0.15, -0.1) is 0 Å². The monoisotopic (exact) mass is 1000 g/mol. The second-order valence-corrected chi connectivity index (χ2v) is 26.1. The van der Waals surface area contributed by atoms with Crippen molar-refractivity contribution in [3.05, 3.63) is 208 Å². The number of aryl methyl sites for hydroxylation is 4. The molecule has 6 aromatic carbocycles. The van der Waals surface area contributed by atoms with Crippen LogP contribution in [0.15, 0.2) is 158 Å². The third-order valence-electron chi connectivity index (χ3n) is 14.5. The van der Waals surface area contributed by atoms with Gasteiger partial charge in [-0.05, 0) is 99.6 Å². The molecule has 6 aromatic rings. The van der Waals surface area contributed by atoms with Crippen LogP contribution in [0.2, 0.25) is 0 Å². The molecule has 0 bridgehead atoms. The van der Waals surface area contributed by atoms with E-state index in [4.69, 9.17) is 19.4 Å². The molecule has 0 N–H and O–H groups in total. The molecule has 9 rings (SSSR count). The van der Waals surface area contributed by atoms with Crippen molar-refractivity contribution >= 4 is 40.4 Å². The van der Waals surface area contributed by atoms with E-state index in [0.29, 0.717) is 0 Å². The van der Waals surface area contributed by atoms with Gasteiger partial charge in [0.05, 0.1) is 0 Å². The fraction of sp³-hybridized carbons (Fsp3) is 0.361. The molecule has 2 unspecified atom stereocenters. The number of hydrogen-bond acceptors (Lipinski definition) is 2. The molecule has 348 valence electrons. The molecule has 2 heterocycles. The van der Waals surface area contributed by atoms with Crippen LogP contribution in [0.4, 0.5) is 11.4 Å². The maximum absolute atomic E-state index is 6.19. The molecule has 0 radical (unpaired) electrons. The first kappa shape index (κ1) is 49.6. The summed E-state index contributed by atoms with van der Waals surface area (Å²) in [5.74, 6) is 0. The van der Waals surface area contributed by atoms with Crippen LogP contribution in [0.1, 0.15) is 132 Å². The van der Waals surface area contributed by atoms with E-state index in [1.54, 1.807) is 0 Å². The van der Waals surface area contributed by atoms with E-state index >= 15 is 0 Å². The Balaban J connectivity index is 0.000000149. The van der Waals surface area contributed by atoms with Crippen molar-refractivity contribution in [1.82, 2.24) is 0 Å². The summed E-state index contributed by atoms with van der Waals surface area (Å²) in [6.07, 6.45) is 8.90. The first-order chi connectivity index (χ1) is 31.6. The molecule has 2 nitrogen and oxygen atoms in total. The zero-order valence-corrected chi connectivity index (χ0v) is 44.4.